The Balaban J connectivity index is 1.08. The van der Waals surface area contributed by atoms with Gasteiger partial charge in [0.05, 0.1) is 0 Å². The third-order valence-corrected chi connectivity index (χ3v) is 32.8. The van der Waals surface area contributed by atoms with Gasteiger partial charge in [-0.3, -0.25) is 0 Å². The van der Waals surface area contributed by atoms with Gasteiger partial charge in [-0.15, -0.1) is 5.54 Å². The summed E-state index contributed by atoms with van der Waals surface area (Å²) in [5.74, 6) is 34.9. The van der Waals surface area contributed by atoms with E-state index in [0.29, 0.717) is 16.6 Å². The van der Waals surface area contributed by atoms with Crippen LogP contribution in [-0.2, 0) is 47.3 Å². The summed E-state index contributed by atoms with van der Waals surface area (Å²) in [4.78, 5) is 0. The van der Waals surface area contributed by atoms with Crippen LogP contribution >= 0.6 is 0 Å². The summed E-state index contributed by atoms with van der Waals surface area (Å²) in [5, 5.41) is 10.0. The molecule has 594 valence electrons. The Kier molecular flexibility index (Phi) is 26.6. The molecule has 0 spiro atoms. The standard InChI is InChI=1S/C112H136OSi/c1-23-27-31-35-40-81-67-86(82(41-36-32-28-24-2)66-85(81)44-39-64-113)52-49-77-45-46-78(102-101(77)105-93-59-55-90(110(14,15)16)71-98(93)106(102)94-60-56-89(70-97(94)105)109(11,12)13)50-53-87-68-84(43-38-34-30-26-4)88(69-83(87)42-37-33-29-25-3)54-51-79-47-48-80(63-65-114(74(5)6,75(7)8)76(9)10)104-103(79)107-95-61-57-92(112(20,21)22)73-100(95)108(104)96-62-58-91(72-99(96)107)111(17,18)19/h45-48,55-62,66-76,105-108,113H,23-38,40-43,64H2,1-22H3/t105-,106-,107-,108-/m0/s1. The van der Waals surface area contributed by atoms with Gasteiger partial charge in [0, 0.05) is 68.2 Å². The van der Waals surface area contributed by atoms with E-state index < -0.39 is 8.07 Å². The maximum atomic E-state index is 10.0. The molecular weight excluding hydrogens is 1390 g/mol. The lowest BCUT2D eigenvalue weighted by molar-refractivity contribution is 0.350. The molecule has 0 saturated heterocycles. The second-order valence-electron chi connectivity index (χ2n) is 39.5. The first-order chi connectivity index (χ1) is 54.4. The molecule has 1 N–H and O–H groups in total. The molecular formula is C112H136OSi. The van der Waals surface area contributed by atoms with Crippen LogP contribution in [0.1, 0.15) is 435 Å². The summed E-state index contributed by atoms with van der Waals surface area (Å²) >= 11 is 0. The van der Waals surface area contributed by atoms with Gasteiger partial charge < -0.3 is 5.11 Å². The lowest BCUT2D eigenvalue weighted by atomic mass is 9.58. The van der Waals surface area contributed by atoms with Crippen molar-refractivity contribution < 1.29 is 5.11 Å². The Bertz CT molecular complexity index is 5190. The molecule has 4 bridgehead atoms. The molecule has 0 aliphatic heterocycles. The van der Waals surface area contributed by atoms with Crippen molar-refractivity contribution in [3.8, 4) is 58.8 Å². The molecule has 0 radical (unpaired) electrons. The Morgan fingerprint density at radius 2 is 0.518 bits per heavy atom. The molecule has 0 saturated carbocycles. The largest absolute Gasteiger partial charge is 0.384 e. The minimum atomic E-state index is -2.12. The number of aliphatic hydroxyl groups is 1. The maximum absolute atomic E-state index is 10.0. The summed E-state index contributed by atoms with van der Waals surface area (Å²) in [5.41, 5.74) is 41.8. The van der Waals surface area contributed by atoms with E-state index in [1.165, 1.54) is 194 Å². The summed E-state index contributed by atoms with van der Waals surface area (Å²) in [6.45, 7) is 52.1. The van der Waals surface area contributed by atoms with E-state index >= 15 is 0 Å². The van der Waals surface area contributed by atoms with Crippen LogP contribution in [0.15, 0.2) is 121 Å². The molecule has 6 aliphatic carbocycles. The first kappa shape index (κ1) is 85.1. The van der Waals surface area contributed by atoms with Crippen LogP contribution in [0.4, 0.5) is 0 Å². The number of aryl methyl sites for hydroxylation is 4. The predicted octanol–water partition coefficient (Wildman–Crippen LogP) is 28.5. The number of hydrogen-bond donors (Lipinski definition) is 1. The van der Waals surface area contributed by atoms with Gasteiger partial charge in [-0.25, -0.2) is 0 Å². The normalized spacial score (nSPS) is 15.6. The Morgan fingerprint density at radius 3 is 0.746 bits per heavy atom. The van der Waals surface area contributed by atoms with Crippen LogP contribution in [0.5, 0.6) is 0 Å². The van der Waals surface area contributed by atoms with Crippen molar-refractivity contribution in [1.82, 2.24) is 0 Å². The van der Waals surface area contributed by atoms with Crippen molar-refractivity contribution in [2.24, 2.45) is 0 Å². The molecule has 8 aromatic carbocycles. The van der Waals surface area contributed by atoms with Crippen molar-refractivity contribution in [3.05, 3.63) is 277 Å². The Hall–Kier alpha value is -8.26. The smallest absolute Gasteiger partial charge is 0.146 e. The molecule has 2 heteroatoms. The third kappa shape index (κ3) is 17.7. The molecule has 4 atom stereocenters. The summed E-state index contributed by atoms with van der Waals surface area (Å²) in [7, 11) is -2.12. The Labute approximate surface area is 693 Å². The lowest BCUT2D eigenvalue weighted by Crippen LogP contribution is -2.43. The third-order valence-electron chi connectivity index (χ3n) is 26.5. The monoisotopic (exact) mass is 1530 g/mol. The minimum absolute atomic E-state index is 0.0109. The van der Waals surface area contributed by atoms with E-state index in [2.05, 4.69) is 332 Å². The first-order valence-electron chi connectivity index (χ1n) is 44.8. The van der Waals surface area contributed by atoms with Crippen molar-refractivity contribution in [2.45, 2.75) is 343 Å². The highest BCUT2D eigenvalue weighted by Crippen LogP contribution is 2.61. The zero-order valence-corrected chi connectivity index (χ0v) is 75.4. The number of rotatable bonds is 23. The van der Waals surface area contributed by atoms with Gasteiger partial charge in [0.2, 0.25) is 0 Å². The van der Waals surface area contributed by atoms with Gasteiger partial charge in [-0.05, 0) is 249 Å². The molecule has 0 fully saturated rings. The second-order valence-corrected chi connectivity index (χ2v) is 45.1. The highest BCUT2D eigenvalue weighted by Gasteiger charge is 2.48. The molecule has 0 aromatic heterocycles. The van der Waals surface area contributed by atoms with E-state index in [4.69, 9.17) is 0 Å². The van der Waals surface area contributed by atoms with Gasteiger partial charge >= 0.3 is 0 Å². The van der Waals surface area contributed by atoms with Gasteiger partial charge in [0.15, 0.2) is 0 Å². The summed E-state index contributed by atoms with van der Waals surface area (Å²) in [6.07, 6.45) is 22.5. The molecule has 1 nitrogen and oxygen atoms in total. The van der Waals surface area contributed by atoms with Crippen LogP contribution < -0.4 is 0 Å². The minimum Gasteiger partial charge on any atom is -0.384 e. The number of aliphatic hydroxyl groups excluding tert-OH is 1. The fourth-order valence-electron chi connectivity index (χ4n) is 19.9. The van der Waals surface area contributed by atoms with Crippen molar-refractivity contribution >= 4 is 8.07 Å². The van der Waals surface area contributed by atoms with Crippen molar-refractivity contribution in [3.63, 3.8) is 0 Å². The number of unbranched alkanes of at least 4 members (excludes halogenated alkanes) is 12. The van der Waals surface area contributed by atoms with Gasteiger partial charge in [-0.2, -0.15) is 0 Å². The molecule has 8 aromatic rings. The summed E-state index contributed by atoms with van der Waals surface area (Å²) in [6, 6.07) is 49.1. The maximum Gasteiger partial charge on any atom is 0.146 e. The quantitative estimate of drug-likeness (QED) is 0.0384. The molecule has 14 rings (SSSR count). The second kappa shape index (κ2) is 35.7. The van der Waals surface area contributed by atoms with E-state index in [9.17, 15) is 5.11 Å². The van der Waals surface area contributed by atoms with Gasteiger partial charge in [0.25, 0.3) is 0 Å². The van der Waals surface area contributed by atoms with Crippen molar-refractivity contribution in [1.29, 1.82) is 0 Å². The molecule has 0 heterocycles. The molecule has 6 aliphatic rings. The first-order valence-corrected chi connectivity index (χ1v) is 47.0. The Morgan fingerprint density at radius 1 is 0.281 bits per heavy atom. The van der Waals surface area contributed by atoms with E-state index in [1.807, 2.05) is 0 Å². The van der Waals surface area contributed by atoms with E-state index in [-0.39, 0.29) is 51.9 Å². The fourth-order valence-corrected chi connectivity index (χ4v) is 25.1. The van der Waals surface area contributed by atoms with Crippen LogP contribution in [0.3, 0.4) is 0 Å². The van der Waals surface area contributed by atoms with E-state index in [0.717, 1.165) is 90.3 Å². The lowest BCUT2D eigenvalue weighted by Gasteiger charge is -2.44. The zero-order chi connectivity index (χ0) is 81.8. The average Bonchev–Trinajstić information content (AvgIpc) is 0.694. The van der Waals surface area contributed by atoms with Crippen LogP contribution in [0.25, 0.3) is 0 Å². The number of benzene rings is 8. The van der Waals surface area contributed by atoms with E-state index in [1.54, 1.807) is 0 Å². The van der Waals surface area contributed by atoms with Crippen molar-refractivity contribution in [2.75, 3.05) is 6.61 Å². The molecule has 114 heavy (non-hydrogen) atoms. The van der Waals surface area contributed by atoms with Gasteiger partial charge in [-0.1, -0.05) is 355 Å². The zero-order valence-electron chi connectivity index (χ0n) is 74.4. The topological polar surface area (TPSA) is 20.2 Å². The highest BCUT2D eigenvalue weighted by atomic mass is 28.3. The van der Waals surface area contributed by atoms with Crippen LogP contribution in [-0.4, -0.2) is 19.8 Å². The highest BCUT2D eigenvalue weighted by molar-refractivity contribution is 6.90. The average molecular weight is 1530 g/mol. The van der Waals surface area contributed by atoms with Gasteiger partial charge in [0.1, 0.15) is 14.7 Å². The van der Waals surface area contributed by atoms with Crippen LogP contribution in [0.2, 0.25) is 16.6 Å². The summed E-state index contributed by atoms with van der Waals surface area (Å²) < 4.78 is 0. The SMILES string of the molecule is CCCCCCc1cc(C#Cc2ccc(C#Cc3cc(CCCCCC)c(C#Cc4ccc(C#C[Si](C(C)C)(C(C)C)C(C)C)c5c4[C@H]4c6ccc(C(C)(C)C)cc6[C@@H]5c5ccc(C(C)(C)C)cc54)cc3CCCCCC)c3c2[C@H]2c4ccc(C(C)(C)C)cc4[C@@H]3c3ccc(C(C)(C)C)cc32)c(CCCCCC)cc1C#CCO. The van der Waals surface area contributed by atoms with Crippen LogP contribution in [0, 0.1) is 58.8 Å². The predicted molar refractivity (Wildman–Crippen MR) is 491 cm³/mol. The molecule has 0 amide bonds. The fraction of sp³-hybridized carbons (Fsp3) is 0.482. The number of hydrogen-bond acceptors (Lipinski definition) is 1. The molecule has 0 unspecified atom stereocenters.